The van der Waals surface area contributed by atoms with E-state index in [0.29, 0.717) is 17.9 Å². The average molecular weight is 218 g/mol. The molecule has 0 aromatic heterocycles. The summed E-state index contributed by atoms with van der Waals surface area (Å²) in [6.45, 7) is 4.15. The third kappa shape index (κ3) is 5.05. The van der Waals surface area contributed by atoms with E-state index in [9.17, 15) is 4.79 Å². The van der Waals surface area contributed by atoms with Crippen molar-refractivity contribution in [2.75, 3.05) is 6.61 Å². The minimum Gasteiger partial charge on any atom is -0.462 e. The van der Waals surface area contributed by atoms with Crippen molar-refractivity contribution in [2.45, 2.75) is 33.1 Å². The second-order valence-corrected chi connectivity index (χ2v) is 3.48. The summed E-state index contributed by atoms with van der Waals surface area (Å²) in [5, 5.41) is 0. The standard InChI is InChI=1S/C9H14O2S2/c1-3-5-6-7(12)8(13)9(10)11-4-2/h3-6H2,1-2H3. The molecule has 0 aromatic carbocycles. The number of unbranched alkanes of at least 4 members (excludes halogenated alkanes) is 1. The van der Waals surface area contributed by atoms with Gasteiger partial charge in [-0.2, -0.15) is 0 Å². The van der Waals surface area contributed by atoms with Crippen LogP contribution >= 0.6 is 24.4 Å². The van der Waals surface area contributed by atoms with Crippen molar-refractivity contribution < 1.29 is 9.53 Å². The zero-order valence-corrected chi connectivity index (χ0v) is 9.59. The molecule has 0 aliphatic rings. The molecule has 0 aromatic rings. The minimum atomic E-state index is -0.460. The number of ether oxygens (including phenoxy) is 1. The van der Waals surface area contributed by atoms with Gasteiger partial charge >= 0.3 is 5.97 Å². The molecule has 0 bridgehead atoms. The number of hydrogen-bond donors (Lipinski definition) is 0. The molecule has 74 valence electrons. The van der Waals surface area contributed by atoms with Gasteiger partial charge in [-0.1, -0.05) is 37.8 Å². The van der Waals surface area contributed by atoms with Crippen molar-refractivity contribution in [3.8, 4) is 0 Å². The molecule has 0 saturated carbocycles. The summed E-state index contributed by atoms with van der Waals surface area (Å²) in [5.41, 5.74) is 0. The quantitative estimate of drug-likeness (QED) is 0.505. The topological polar surface area (TPSA) is 26.3 Å². The summed E-state index contributed by atoms with van der Waals surface area (Å²) in [6, 6.07) is 0. The smallest absolute Gasteiger partial charge is 0.350 e. The normalized spacial score (nSPS) is 9.38. The fourth-order valence-corrected chi connectivity index (χ4v) is 1.15. The Bertz CT molecular complexity index is 212. The molecule has 0 saturated heterocycles. The van der Waals surface area contributed by atoms with Gasteiger partial charge in [0.15, 0.2) is 0 Å². The minimum absolute atomic E-state index is 0.172. The molecule has 13 heavy (non-hydrogen) atoms. The van der Waals surface area contributed by atoms with Crippen molar-refractivity contribution >= 4 is 40.1 Å². The fourth-order valence-electron chi connectivity index (χ4n) is 0.761. The van der Waals surface area contributed by atoms with E-state index >= 15 is 0 Å². The van der Waals surface area contributed by atoms with E-state index in [2.05, 4.69) is 6.92 Å². The highest BCUT2D eigenvalue weighted by Crippen LogP contribution is 2.01. The number of thiocarbonyl (C=S) groups is 2. The van der Waals surface area contributed by atoms with Crippen LogP contribution in [0.25, 0.3) is 0 Å². The van der Waals surface area contributed by atoms with E-state index in [4.69, 9.17) is 29.2 Å². The molecular formula is C9H14O2S2. The summed E-state index contributed by atoms with van der Waals surface area (Å²) >= 11 is 9.85. The molecule has 0 fully saturated rings. The second kappa shape index (κ2) is 7.09. The Labute approximate surface area is 89.7 Å². The number of carbonyl (C=O) groups is 1. The Hall–Kier alpha value is -0.350. The molecule has 0 aliphatic heterocycles. The molecule has 0 amide bonds. The second-order valence-electron chi connectivity index (χ2n) is 2.58. The first kappa shape index (κ1) is 12.7. The van der Waals surface area contributed by atoms with Gasteiger partial charge in [0.25, 0.3) is 0 Å². The van der Waals surface area contributed by atoms with Crippen LogP contribution in [0.2, 0.25) is 0 Å². The molecule has 0 heterocycles. The van der Waals surface area contributed by atoms with Crippen molar-refractivity contribution in [1.29, 1.82) is 0 Å². The molecule has 2 nitrogen and oxygen atoms in total. The van der Waals surface area contributed by atoms with Crippen LogP contribution in [0.1, 0.15) is 33.1 Å². The van der Waals surface area contributed by atoms with Crippen LogP contribution < -0.4 is 0 Å². The fraction of sp³-hybridized carbons (Fsp3) is 0.667. The Balaban J connectivity index is 3.95. The monoisotopic (exact) mass is 218 g/mol. The Morgan fingerprint density at radius 2 is 1.92 bits per heavy atom. The third-order valence-electron chi connectivity index (χ3n) is 1.47. The van der Waals surface area contributed by atoms with Crippen LogP contribution in [0, 0.1) is 0 Å². The third-order valence-corrected chi connectivity index (χ3v) is 2.42. The van der Waals surface area contributed by atoms with Crippen LogP contribution in [0.15, 0.2) is 0 Å². The number of hydrogen-bond acceptors (Lipinski definition) is 4. The molecule has 0 spiro atoms. The first-order valence-corrected chi connectivity index (χ1v) is 5.19. The maximum absolute atomic E-state index is 11.1. The highest BCUT2D eigenvalue weighted by Gasteiger charge is 2.14. The van der Waals surface area contributed by atoms with Crippen molar-refractivity contribution in [3.63, 3.8) is 0 Å². The van der Waals surface area contributed by atoms with Crippen LogP contribution in [0.3, 0.4) is 0 Å². The van der Waals surface area contributed by atoms with Crippen LogP contribution in [-0.4, -0.2) is 22.3 Å². The van der Waals surface area contributed by atoms with Gasteiger partial charge in [-0.05, 0) is 19.8 Å². The zero-order valence-electron chi connectivity index (χ0n) is 7.96. The van der Waals surface area contributed by atoms with E-state index in [1.807, 2.05) is 0 Å². The van der Waals surface area contributed by atoms with Gasteiger partial charge in [0.05, 0.1) is 6.61 Å². The lowest BCUT2D eigenvalue weighted by molar-refractivity contribution is -0.134. The maximum Gasteiger partial charge on any atom is 0.350 e. The van der Waals surface area contributed by atoms with Gasteiger partial charge in [0.1, 0.15) is 4.86 Å². The van der Waals surface area contributed by atoms with E-state index in [1.54, 1.807) is 6.92 Å². The molecule has 0 atom stereocenters. The summed E-state index contributed by atoms with van der Waals surface area (Å²) in [4.78, 5) is 11.8. The highest BCUT2D eigenvalue weighted by molar-refractivity contribution is 7.90. The lowest BCUT2D eigenvalue weighted by Gasteiger charge is -2.03. The Morgan fingerprint density at radius 1 is 1.31 bits per heavy atom. The van der Waals surface area contributed by atoms with E-state index < -0.39 is 5.97 Å². The van der Waals surface area contributed by atoms with E-state index in [-0.39, 0.29) is 4.86 Å². The van der Waals surface area contributed by atoms with Crippen molar-refractivity contribution in [3.05, 3.63) is 0 Å². The molecule has 4 heteroatoms. The number of rotatable bonds is 6. The van der Waals surface area contributed by atoms with Crippen molar-refractivity contribution in [1.82, 2.24) is 0 Å². The molecule has 0 aliphatic carbocycles. The van der Waals surface area contributed by atoms with E-state index in [0.717, 1.165) is 12.8 Å². The average Bonchev–Trinajstić information content (AvgIpc) is 2.13. The SMILES string of the molecule is CCCCC(=S)C(=S)C(=O)OCC. The Morgan fingerprint density at radius 3 is 2.38 bits per heavy atom. The lowest BCUT2D eigenvalue weighted by atomic mass is 10.1. The van der Waals surface area contributed by atoms with Crippen LogP contribution in [0.4, 0.5) is 0 Å². The van der Waals surface area contributed by atoms with E-state index in [1.165, 1.54) is 0 Å². The molecule has 0 unspecified atom stereocenters. The molecule has 0 radical (unpaired) electrons. The number of esters is 1. The van der Waals surface area contributed by atoms with Gasteiger partial charge in [0.2, 0.25) is 0 Å². The molecule has 0 N–H and O–H groups in total. The van der Waals surface area contributed by atoms with Gasteiger partial charge < -0.3 is 4.74 Å². The molecule has 0 rings (SSSR count). The maximum atomic E-state index is 11.1. The van der Waals surface area contributed by atoms with Gasteiger partial charge in [-0.3, -0.25) is 0 Å². The van der Waals surface area contributed by atoms with Crippen molar-refractivity contribution in [2.24, 2.45) is 0 Å². The highest BCUT2D eigenvalue weighted by atomic mass is 32.1. The Kier molecular flexibility index (Phi) is 6.90. The lowest BCUT2D eigenvalue weighted by Crippen LogP contribution is -2.22. The first-order chi connectivity index (χ1) is 6.13. The first-order valence-electron chi connectivity index (χ1n) is 4.37. The summed E-state index contributed by atoms with van der Waals surface area (Å²) in [7, 11) is 0. The van der Waals surface area contributed by atoms with Crippen LogP contribution in [-0.2, 0) is 9.53 Å². The summed E-state index contributed by atoms with van der Waals surface area (Å²) in [6.07, 6.45) is 2.73. The predicted octanol–water partition coefficient (Wildman–Crippen LogP) is 2.48. The predicted molar refractivity (Wildman–Crippen MR) is 61.4 cm³/mol. The van der Waals surface area contributed by atoms with Gasteiger partial charge in [0, 0.05) is 4.86 Å². The van der Waals surface area contributed by atoms with Crippen LogP contribution in [0.5, 0.6) is 0 Å². The zero-order chi connectivity index (χ0) is 10.3. The van der Waals surface area contributed by atoms with Gasteiger partial charge in [-0.25, -0.2) is 4.79 Å². The van der Waals surface area contributed by atoms with Gasteiger partial charge in [-0.15, -0.1) is 0 Å². The number of carbonyl (C=O) groups excluding carboxylic acids is 1. The summed E-state index contributed by atoms with van der Waals surface area (Å²) in [5.74, 6) is -0.460. The summed E-state index contributed by atoms with van der Waals surface area (Å²) < 4.78 is 4.74. The molecular weight excluding hydrogens is 204 g/mol. The largest absolute Gasteiger partial charge is 0.462 e.